The molecule has 0 amide bonds. The summed E-state index contributed by atoms with van der Waals surface area (Å²) in [4.78, 5) is 10.7. The molecule has 6 heteroatoms. The molecule has 1 fully saturated rings. The summed E-state index contributed by atoms with van der Waals surface area (Å²) in [5.41, 5.74) is 0. The van der Waals surface area contributed by atoms with Crippen LogP contribution < -0.4 is 0 Å². The van der Waals surface area contributed by atoms with Gasteiger partial charge in [0.05, 0.1) is 19.3 Å². The topological polar surface area (TPSA) is 44.8 Å². The van der Waals surface area contributed by atoms with E-state index in [2.05, 4.69) is 9.47 Å². The Morgan fingerprint density at radius 3 is 2.86 bits per heavy atom. The molecule has 0 aliphatic carbocycles. The van der Waals surface area contributed by atoms with Gasteiger partial charge in [0, 0.05) is 6.61 Å². The molecular formula is C8H12F2O4. The first-order chi connectivity index (χ1) is 6.56. The fraction of sp³-hybridized carbons (Fsp3) is 0.875. The number of halogens is 2. The summed E-state index contributed by atoms with van der Waals surface area (Å²) < 4.78 is 39.1. The first-order valence-corrected chi connectivity index (χ1v) is 4.37. The quantitative estimate of drug-likeness (QED) is 0.648. The van der Waals surface area contributed by atoms with Crippen molar-refractivity contribution in [3.05, 3.63) is 0 Å². The molecule has 4 nitrogen and oxygen atoms in total. The molecule has 0 aromatic carbocycles. The fourth-order valence-electron chi connectivity index (χ4n) is 1.08. The van der Waals surface area contributed by atoms with Crippen molar-refractivity contribution in [2.24, 2.45) is 0 Å². The lowest BCUT2D eigenvalue weighted by molar-refractivity contribution is -0.265. The zero-order valence-electron chi connectivity index (χ0n) is 7.79. The standard InChI is InChI=1S/C8H12F2O4/c1-2-13-7(11)8(9,10)14-6-3-4-12-5-6/h6H,2-5H2,1H3. The molecule has 0 saturated carbocycles. The molecule has 1 atom stereocenters. The maximum atomic E-state index is 12.9. The smallest absolute Gasteiger partial charge is 0.456 e. The summed E-state index contributed by atoms with van der Waals surface area (Å²) >= 11 is 0. The summed E-state index contributed by atoms with van der Waals surface area (Å²) in [5, 5.41) is 0. The van der Waals surface area contributed by atoms with E-state index < -0.39 is 18.2 Å². The van der Waals surface area contributed by atoms with Crippen molar-refractivity contribution in [2.75, 3.05) is 19.8 Å². The third kappa shape index (κ3) is 2.88. The third-order valence-corrected chi connectivity index (χ3v) is 1.72. The highest BCUT2D eigenvalue weighted by Crippen LogP contribution is 2.23. The summed E-state index contributed by atoms with van der Waals surface area (Å²) in [7, 11) is 0. The highest BCUT2D eigenvalue weighted by atomic mass is 19.3. The van der Waals surface area contributed by atoms with Crippen molar-refractivity contribution in [1.82, 2.24) is 0 Å². The molecule has 0 aromatic heterocycles. The van der Waals surface area contributed by atoms with Crippen LogP contribution in [0.25, 0.3) is 0 Å². The predicted octanol–water partition coefficient (Wildman–Crippen LogP) is 0.948. The van der Waals surface area contributed by atoms with Crippen LogP contribution in [-0.2, 0) is 19.0 Å². The molecule has 82 valence electrons. The van der Waals surface area contributed by atoms with Crippen molar-refractivity contribution in [1.29, 1.82) is 0 Å². The van der Waals surface area contributed by atoms with E-state index >= 15 is 0 Å². The molecule has 0 aromatic rings. The number of rotatable bonds is 4. The number of hydrogen-bond donors (Lipinski definition) is 0. The van der Waals surface area contributed by atoms with E-state index in [0.29, 0.717) is 13.0 Å². The molecule has 1 unspecified atom stereocenters. The first kappa shape index (κ1) is 11.3. The number of alkyl halides is 2. The Labute approximate surface area is 80.1 Å². The maximum absolute atomic E-state index is 12.9. The average Bonchev–Trinajstić information content (AvgIpc) is 2.56. The van der Waals surface area contributed by atoms with Crippen molar-refractivity contribution in [2.45, 2.75) is 25.6 Å². The van der Waals surface area contributed by atoms with E-state index in [1.807, 2.05) is 0 Å². The molecule has 0 spiro atoms. The molecular weight excluding hydrogens is 198 g/mol. The van der Waals surface area contributed by atoms with Crippen molar-refractivity contribution < 1.29 is 27.8 Å². The lowest BCUT2D eigenvalue weighted by atomic mass is 10.3. The molecule has 0 radical (unpaired) electrons. The molecule has 1 saturated heterocycles. The van der Waals surface area contributed by atoms with E-state index in [4.69, 9.17) is 4.74 Å². The SMILES string of the molecule is CCOC(=O)C(F)(F)OC1CCOC1. The van der Waals surface area contributed by atoms with Gasteiger partial charge in [-0.2, -0.15) is 8.78 Å². The Morgan fingerprint density at radius 1 is 1.64 bits per heavy atom. The molecule has 1 heterocycles. The second-order valence-electron chi connectivity index (χ2n) is 2.84. The van der Waals surface area contributed by atoms with Gasteiger partial charge in [0.25, 0.3) is 0 Å². The van der Waals surface area contributed by atoms with Crippen LogP contribution in [0.3, 0.4) is 0 Å². The van der Waals surface area contributed by atoms with Crippen LogP contribution in [0.4, 0.5) is 8.78 Å². The van der Waals surface area contributed by atoms with Gasteiger partial charge in [0.2, 0.25) is 0 Å². The first-order valence-electron chi connectivity index (χ1n) is 4.37. The van der Waals surface area contributed by atoms with E-state index in [-0.39, 0.29) is 13.2 Å². The number of ether oxygens (including phenoxy) is 3. The zero-order chi connectivity index (χ0) is 10.6. The number of carbonyl (C=O) groups excluding carboxylic acids is 1. The van der Waals surface area contributed by atoms with E-state index in [1.54, 1.807) is 0 Å². The second kappa shape index (κ2) is 4.65. The highest BCUT2D eigenvalue weighted by molar-refractivity contribution is 5.75. The van der Waals surface area contributed by atoms with Crippen LogP contribution in [0.5, 0.6) is 0 Å². The Bertz CT molecular complexity index is 202. The number of esters is 1. The van der Waals surface area contributed by atoms with Crippen molar-refractivity contribution in [3.63, 3.8) is 0 Å². The zero-order valence-corrected chi connectivity index (χ0v) is 7.79. The highest BCUT2D eigenvalue weighted by Gasteiger charge is 2.45. The van der Waals surface area contributed by atoms with Crippen LogP contribution >= 0.6 is 0 Å². The van der Waals surface area contributed by atoms with Crippen molar-refractivity contribution >= 4 is 5.97 Å². The van der Waals surface area contributed by atoms with E-state index in [9.17, 15) is 13.6 Å². The summed E-state index contributed by atoms with van der Waals surface area (Å²) in [5.74, 6) is -1.65. The van der Waals surface area contributed by atoms with Crippen LogP contribution in [-0.4, -0.2) is 38.0 Å². The Hall–Kier alpha value is -0.750. The summed E-state index contributed by atoms with van der Waals surface area (Å²) in [6, 6.07) is 0. The average molecular weight is 210 g/mol. The van der Waals surface area contributed by atoms with E-state index in [1.165, 1.54) is 6.92 Å². The van der Waals surface area contributed by atoms with Crippen LogP contribution in [0.2, 0.25) is 0 Å². The lowest BCUT2D eigenvalue weighted by Crippen LogP contribution is -2.37. The monoisotopic (exact) mass is 210 g/mol. The minimum absolute atomic E-state index is 0.0923. The van der Waals surface area contributed by atoms with Gasteiger partial charge in [-0.3, -0.25) is 0 Å². The normalized spacial score (nSPS) is 22.4. The lowest BCUT2D eigenvalue weighted by Gasteiger charge is -2.18. The fourth-order valence-corrected chi connectivity index (χ4v) is 1.08. The molecule has 0 bridgehead atoms. The number of carbonyl (C=O) groups is 1. The molecule has 1 aliphatic rings. The van der Waals surface area contributed by atoms with Gasteiger partial charge in [-0.15, -0.1) is 0 Å². The molecule has 14 heavy (non-hydrogen) atoms. The van der Waals surface area contributed by atoms with Gasteiger partial charge in [-0.25, -0.2) is 4.79 Å². The van der Waals surface area contributed by atoms with Crippen LogP contribution in [0.15, 0.2) is 0 Å². The third-order valence-electron chi connectivity index (χ3n) is 1.72. The minimum atomic E-state index is -3.87. The van der Waals surface area contributed by atoms with Crippen LogP contribution in [0, 0.1) is 0 Å². The summed E-state index contributed by atoms with van der Waals surface area (Å²) in [6.45, 7) is 1.82. The Morgan fingerprint density at radius 2 is 2.36 bits per heavy atom. The van der Waals surface area contributed by atoms with Gasteiger partial charge >= 0.3 is 12.1 Å². The number of hydrogen-bond acceptors (Lipinski definition) is 4. The van der Waals surface area contributed by atoms with Gasteiger partial charge in [-0.1, -0.05) is 0 Å². The Balaban J connectivity index is 2.42. The van der Waals surface area contributed by atoms with E-state index in [0.717, 1.165) is 0 Å². The van der Waals surface area contributed by atoms with Gasteiger partial charge < -0.3 is 14.2 Å². The molecule has 1 rings (SSSR count). The Kier molecular flexibility index (Phi) is 3.77. The largest absolute Gasteiger partial charge is 0.460 e. The maximum Gasteiger partial charge on any atom is 0.456 e. The van der Waals surface area contributed by atoms with Gasteiger partial charge in [-0.05, 0) is 13.3 Å². The molecule has 0 N–H and O–H groups in total. The van der Waals surface area contributed by atoms with Crippen molar-refractivity contribution in [3.8, 4) is 0 Å². The summed E-state index contributed by atoms with van der Waals surface area (Å²) in [6.07, 6.45) is -4.22. The second-order valence-corrected chi connectivity index (χ2v) is 2.84. The minimum Gasteiger partial charge on any atom is -0.460 e. The molecule has 1 aliphatic heterocycles. The van der Waals surface area contributed by atoms with Gasteiger partial charge in [0.15, 0.2) is 0 Å². The predicted molar refractivity (Wildman–Crippen MR) is 41.9 cm³/mol. The van der Waals surface area contributed by atoms with Crippen LogP contribution in [0.1, 0.15) is 13.3 Å². The van der Waals surface area contributed by atoms with Gasteiger partial charge in [0.1, 0.15) is 0 Å².